The molecule has 0 atom stereocenters. The van der Waals surface area contributed by atoms with Crippen molar-refractivity contribution in [1.82, 2.24) is 14.8 Å². The molecule has 0 radical (unpaired) electrons. The van der Waals surface area contributed by atoms with Crippen molar-refractivity contribution >= 4 is 35.2 Å². The Kier molecular flexibility index (Phi) is 4.65. The summed E-state index contributed by atoms with van der Waals surface area (Å²) >= 11 is 5.04. The molecule has 0 bridgehead atoms. The Bertz CT molecular complexity index is 942. The number of aryl methyl sites for hydroxylation is 1. The summed E-state index contributed by atoms with van der Waals surface area (Å²) in [5.41, 5.74) is 3.56. The maximum atomic E-state index is 12.6. The molecule has 1 aliphatic rings. The van der Waals surface area contributed by atoms with Crippen LogP contribution in [0.25, 0.3) is 11.8 Å². The number of phenols is 1. The van der Waals surface area contributed by atoms with Crippen LogP contribution in [-0.4, -0.2) is 38.0 Å². The molecular formula is C19H19N3O3S. The number of hydrogen-bond donors (Lipinski definition) is 2. The zero-order valence-electron chi connectivity index (χ0n) is 14.7. The van der Waals surface area contributed by atoms with Gasteiger partial charge in [-0.05, 0) is 75.0 Å². The second-order valence-electron chi connectivity index (χ2n) is 6.04. The summed E-state index contributed by atoms with van der Waals surface area (Å²) in [6.07, 6.45) is 1.60. The van der Waals surface area contributed by atoms with Gasteiger partial charge in [0.25, 0.3) is 11.8 Å². The fourth-order valence-electron chi connectivity index (χ4n) is 3.07. The third kappa shape index (κ3) is 3.01. The lowest BCUT2D eigenvalue weighted by atomic mass is 10.1. The summed E-state index contributed by atoms with van der Waals surface area (Å²) in [5, 5.41) is 12.2. The van der Waals surface area contributed by atoms with Gasteiger partial charge >= 0.3 is 0 Å². The fraction of sp³-hybridized carbons (Fsp3) is 0.211. The van der Waals surface area contributed by atoms with Gasteiger partial charge in [-0.25, -0.2) is 0 Å². The van der Waals surface area contributed by atoms with Gasteiger partial charge in [-0.2, -0.15) is 0 Å². The van der Waals surface area contributed by atoms with Gasteiger partial charge in [0, 0.05) is 23.6 Å². The SMILES string of the molecule is CCN1C(=O)/C(=C\c2cc(C)n(-c3ccc(O)cc3)c2C)C(=O)NC1=S. The second-order valence-corrected chi connectivity index (χ2v) is 6.43. The van der Waals surface area contributed by atoms with Crippen LogP contribution in [0.3, 0.4) is 0 Å². The monoisotopic (exact) mass is 369 g/mol. The first-order valence-corrected chi connectivity index (χ1v) is 8.61. The molecule has 2 aromatic rings. The van der Waals surface area contributed by atoms with Gasteiger partial charge in [0.15, 0.2) is 5.11 Å². The molecule has 1 saturated heterocycles. The Morgan fingerprint density at radius 2 is 1.85 bits per heavy atom. The van der Waals surface area contributed by atoms with Gasteiger partial charge in [-0.1, -0.05) is 0 Å². The number of nitrogens with zero attached hydrogens (tertiary/aromatic N) is 2. The van der Waals surface area contributed by atoms with E-state index in [2.05, 4.69) is 5.32 Å². The maximum Gasteiger partial charge on any atom is 0.265 e. The Labute approximate surface area is 156 Å². The van der Waals surface area contributed by atoms with E-state index in [0.29, 0.717) is 6.54 Å². The maximum absolute atomic E-state index is 12.6. The Balaban J connectivity index is 2.05. The highest BCUT2D eigenvalue weighted by atomic mass is 32.1. The number of thiocarbonyl (C=S) groups is 1. The van der Waals surface area contributed by atoms with E-state index in [1.165, 1.54) is 4.90 Å². The number of aromatic hydroxyl groups is 1. The summed E-state index contributed by atoms with van der Waals surface area (Å²) in [6, 6.07) is 8.76. The average molecular weight is 369 g/mol. The van der Waals surface area contributed by atoms with Crippen molar-refractivity contribution in [3.63, 3.8) is 0 Å². The second kappa shape index (κ2) is 6.76. The van der Waals surface area contributed by atoms with Gasteiger partial charge in [0.2, 0.25) is 0 Å². The molecule has 1 fully saturated rings. The highest BCUT2D eigenvalue weighted by molar-refractivity contribution is 7.80. The van der Waals surface area contributed by atoms with Crippen LogP contribution in [0.15, 0.2) is 35.9 Å². The number of phenolic OH excluding ortho intramolecular Hbond substituents is 1. The van der Waals surface area contributed by atoms with Crippen molar-refractivity contribution < 1.29 is 14.7 Å². The Hall–Kier alpha value is -2.93. The first-order valence-electron chi connectivity index (χ1n) is 8.20. The molecule has 1 aromatic carbocycles. The first kappa shape index (κ1) is 17.9. The van der Waals surface area contributed by atoms with Gasteiger partial charge in [0.1, 0.15) is 11.3 Å². The lowest BCUT2D eigenvalue weighted by Gasteiger charge is -2.27. The van der Waals surface area contributed by atoms with Crippen LogP contribution in [0.4, 0.5) is 0 Å². The minimum atomic E-state index is -0.487. The van der Waals surface area contributed by atoms with E-state index in [-0.39, 0.29) is 16.4 Å². The minimum Gasteiger partial charge on any atom is -0.508 e. The van der Waals surface area contributed by atoms with E-state index in [9.17, 15) is 14.7 Å². The number of nitrogens with one attached hydrogen (secondary N) is 1. The molecule has 0 aliphatic carbocycles. The standard InChI is InChI=1S/C19H19N3O3S/c1-4-21-18(25)16(17(24)20-19(21)26)10-13-9-11(2)22(12(13)3)14-5-7-15(23)8-6-14/h5-10,23H,4H2,1-3H3,(H,20,24,26)/b16-10-. The number of carbonyl (C=O) groups is 2. The van der Waals surface area contributed by atoms with E-state index in [0.717, 1.165) is 22.6 Å². The van der Waals surface area contributed by atoms with Crippen molar-refractivity contribution in [2.24, 2.45) is 0 Å². The van der Waals surface area contributed by atoms with Gasteiger partial charge in [0.05, 0.1) is 0 Å². The van der Waals surface area contributed by atoms with E-state index in [4.69, 9.17) is 12.2 Å². The van der Waals surface area contributed by atoms with Crippen molar-refractivity contribution in [3.05, 3.63) is 52.9 Å². The summed E-state index contributed by atoms with van der Waals surface area (Å²) in [5.74, 6) is -0.687. The summed E-state index contributed by atoms with van der Waals surface area (Å²) in [4.78, 5) is 26.2. The molecule has 0 spiro atoms. The molecule has 3 rings (SSSR count). The lowest BCUT2D eigenvalue weighted by molar-refractivity contribution is -0.128. The number of rotatable bonds is 3. The van der Waals surface area contributed by atoms with E-state index in [1.54, 1.807) is 25.1 Å². The van der Waals surface area contributed by atoms with Gasteiger partial charge < -0.3 is 9.67 Å². The molecule has 1 aliphatic heterocycles. The fourth-order valence-corrected chi connectivity index (χ4v) is 3.37. The predicted molar refractivity (Wildman–Crippen MR) is 103 cm³/mol. The third-order valence-corrected chi connectivity index (χ3v) is 4.70. The van der Waals surface area contributed by atoms with Crippen molar-refractivity contribution in [1.29, 1.82) is 0 Å². The smallest absolute Gasteiger partial charge is 0.265 e. The highest BCUT2D eigenvalue weighted by Gasteiger charge is 2.32. The highest BCUT2D eigenvalue weighted by Crippen LogP contribution is 2.25. The van der Waals surface area contributed by atoms with Crippen LogP contribution in [0, 0.1) is 13.8 Å². The van der Waals surface area contributed by atoms with Gasteiger partial charge in [-0.15, -0.1) is 0 Å². The topological polar surface area (TPSA) is 74.6 Å². The first-order chi connectivity index (χ1) is 12.3. The van der Waals surface area contributed by atoms with Crippen molar-refractivity contribution in [2.45, 2.75) is 20.8 Å². The number of hydrogen-bond acceptors (Lipinski definition) is 4. The minimum absolute atomic E-state index is 0.0615. The Morgan fingerprint density at radius 1 is 1.19 bits per heavy atom. The van der Waals surface area contributed by atoms with Crippen LogP contribution >= 0.6 is 12.2 Å². The van der Waals surface area contributed by atoms with Crippen LogP contribution in [0.2, 0.25) is 0 Å². The molecule has 2 heterocycles. The van der Waals surface area contributed by atoms with Crippen LogP contribution in [0.1, 0.15) is 23.9 Å². The molecule has 1 aromatic heterocycles. The summed E-state index contributed by atoms with van der Waals surface area (Å²) in [6.45, 7) is 6.05. The lowest BCUT2D eigenvalue weighted by Crippen LogP contribution is -2.53. The van der Waals surface area contributed by atoms with Crippen molar-refractivity contribution in [2.75, 3.05) is 6.54 Å². The third-order valence-electron chi connectivity index (χ3n) is 4.38. The van der Waals surface area contributed by atoms with E-state index in [1.807, 2.05) is 36.6 Å². The number of benzene rings is 1. The van der Waals surface area contributed by atoms with Crippen LogP contribution < -0.4 is 5.32 Å². The van der Waals surface area contributed by atoms with E-state index >= 15 is 0 Å². The number of aromatic nitrogens is 1. The summed E-state index contributed by atoms with van der Waals surface area (Å²) < 4.78 is 2.00. The Morgan fingerprint density at radius 3 is 2.46 bits per heavy atom. The van der Waals surface area contributed by atoms with Crippen LogP contribution in [-0.2, 0) is 9.59 Å². The zero-order chi connectivity index (χ0) is 19.0. The normalized spacial score (nSPS) is 16.3. The molecule has 6 nitrogen and oxygen atoms in total. The summed E-state index contributed by atoms with van der Waals surface area (Å²) in [7, 11) is 0. The van der Waals surface area contributed by atoms with Crippen molar-refractivity contribution in [3.8, 4) is 11.4 Å². The molecule has 2 N–H and O–H groups in total. The zero-order valence-corrected chi connectivity index (χ0v) is 15.6. The molecule has 26 heavy (non-hydrogen) atoms. The molecule has 134 valence electrons. The largest absolute Gasteiger partial charge is 0.508 e. The number of likely N-dealkylation sites (N-methyl/N-ethyl adjacent to an activating group) is 1. The average Bonchev–Trinajstić information content (AvgIpc) is 2.86. The van der Waals surface area contributed by atoms with Gasteiger partial charge in [-0.3, -0.25) is 19.8 Å². The quantitative estimate of drug-likeness (QED) is 0.495. The molecular weight excluding hydrogens is 350 g/mol. The number of amides is 2. The molecule has 2 amide bonds. The molecule has 0 unspecified atom stereocenters. The molecule has 0 saturated carbocycles. The van der Waals surface area contributed by atoms with Crippen LogP contribution in [0.5, 0.6) is 5.75 Å². The number of carbonyl (C=O) groups excluding carboxylic acids is 2. The van der Waals surface area contributed by atoms with E-state index < -0.39 is 11.8 Å². The molecule has 7 heteroatoms. The predicted octanol–water partition coefficient (Wildman–Crippen LogP) is 2.45.